The molecule has 1 amide bonds. The Kier molecular flexibility index (Phi) is 5.55. The molecule has 19 heavy (non-hydrogen) atoms. The molecule has 0 saturated carbocycles. The zero-order valence-electron chi connectivity index (χ0n) is 12.8. The molecule has 0 aromatic heterocycles. The first-order valence-corrected chi connectivity index (χ1v) is 6.99. The predicted octanol–water partition coefficient (Wildman–Crippen LogP) is 3.06. The lowest BCUT2D eigenvalue weighted by Crippen LogP contribution is -2.40. The molecule has 0 unspecified atom stereocenters. The van der Waals surface area contributed by atoms with Crippen molar-refractivity contribution in [3.8, 4) is 0 Å². The normalized spacial score (nSPS) is 11.7. The number of nitrogens with one attached hydrogen (secondary N) is 1. The molecule has 3 nitrogen and oxygen atoms in total. The third-order valence-corrected chi connectivity index (χ3v) is 3.01. The van der Waals surface area contributed by atoms with E-state index in [1.54, 1.807) is 0 Å². The molecule has 0 radical (unpaired) electrons. The maximum atomic E-state index is 12.0. The largest absolute Gasteiger partial charge is 0.347 e. The van der Waals surface area contributed by atoms with Crippen LogP contribution in [0.3, 0.4) is 0 Å². The molecule has 0 atom stereocenters. The molecule has 1 aromatic carbocycles. The van der Waals surface area contributed by atoms with Crippen molar-refractivity contribution in [2.45, 2.75) is 46.7 Å². The molecule has 1 N–H and O–H groups in total. The lowest BCUT2D eigenvalue weighted by atomic mass is 10.1. The van der Waals surface area contributed by atoms with Crippen LogP contribution in [0.2, 0.25) is 0 Å². The minimum absolute atomic E-state index is 0.0121. The van der Waals surface area contributed by atoms with E-state index in [-0.39, 0.29) is 11.4 Å². The van der Waals surface area contributed by atoms with E-state index >= 15 is 0 Å². The summed E-state index contributed by atoms with van der Waals surface area (Å²) in [5, 5.41) is 2.97. The number of benzene rings is 1. The van der Waals surface area contributed by atoms with Gasteiger partial charge in [0.2, 0.25) is 0 Å². The smallest absolute Gasteiger partial charge is 0.251 e. The Morgan fingerprint density at radius 2 is 1.63 bits per heavy atom. The van der Waals surface area contributed by atoms with Crippen LogP contribution in [0, 0.1) is 0 Å². The molecule has 0 spiro atoms. The number of carbonyl (C=O) groups is 1. The fourth-order valence-electron chi connectivity index (χ4n) is 1.88. The third-order valence-electron chi connectivity index (χ3n) is 3.01. The highest BCUT2D eigenvalue weighted by Crippen LogP contribution is 2.09. The van der Waals surface area contributed by atoms with Crippen molar-refractivity contribution in [2.75, 3.05) is 13.1 Å². The zero-order valence-corrected chi connectivity index (χ0v) is 12.8. The molecule has 1 rings (SSSR count). The predicted molar refractivity (Wildman–Crippen MR) is 80.3 cm³/mol. The van der Waals surface area contributed by atoms with E-state index in [9.17, 15) is 4.79 Å². The third kappa shape index (κ3) is 5.43. The summed E-state index contributed by atoms with van der Waals surface area (Å²) in [7, 11) is 0. The number of carbonyl (C=O) groups excluding carboxylic acids is 1. The average Bonchev–Trinajstić information content (AvgIpc) is 2.34. The van der Waals surface area contributed by atoms with Gasteiger partial charge in [-0.2, -0.15) is 0 Å². The second-order valence-electron chi connectivity index (χ2n) is 5.86. The highest BCUT2D eigenvalue weighted by molar-refractivity contribution is 5.94. The van der Waals surface area contributed by atoms with Crippen LogP contribution >= 0.6 is 0 Å². The van der Waals surface area contributed by atoms with Gasteiger partial charge in [-0.1, -0.05) is 26.0 Å². The van der Waals surface area contributed by atoms with Gasteiger partial charge in [-0.05, 0) is 51.6 Å². The van der Waals surface area contributed by atoms with Crippen molar-refractivity contribution in [3.05, 3.63) is 35.4 Å². The van der Waals surface area contributed by atoms with Crippen LogP contribution in [-0.4, -0.2) is 29.4 Å². The average molecular weight is 262 g/mol. The summed E-state index contributed by atoms with van der Waals surface area (Å²) < 4.78 is 0. The van der Waals surface area contributed by atoms with Gasteiger partial charge in [0.1, 0.15) is 0 Å². The Labute approximate surface area is 117 Å². The van der Waals surface area contributed by atoms with Gasteiger partial charge >= 0.3 is 0 Å². The topological polar surface area (TPSA) is 32.3 Å². The summed E-state index contributed by atoms with van der Waals surface area (Å²) in [6, 6.07) is 7.88. The van der Waals surface area contributed by atoms with Crippen molar-refractivity contribution < 1.29 is 4.79 Å². The summed E-state index contributed by atoms with van der Waals surface area (Å²) in [5.74, 6) is -0.0121. The number of hydrogen-bond donors (Lipinski definition) is 1. The van der Waals surface area contributed by atoms with Crippen LogP contribution in [-0.2, 0) is 6.54 Å². The van der Waals surface area contributed by atoms with Gasteiger partial charge in [-0.3, -0.25) is 9.69 Å². The van der Waals surface area contributed by atoms with Gasteiger partial charge in [0, 0.05) is 17.6 Å². The van der Waals surface area contributed by atoms with Crippen molar-refractivity contribution in [1.29, 1.82) is 0 Å². The van der Waals surface area contributed by atoms with Gasteiger partial charge in [0.05, 0.1) is 0 Å². The molecule has 0 aliphatic rings. The number of rotatable bonds is 5. The highest BCUT2D eigenvalue weighted by Gasteiger charge is 2.15. The molecule has 106 valence electrons. The van der Waals surface area contributed by atoms with Crippen molar-refractivity contribution in [1.82, 2.24) is 10.2 Å². The van der Waals surface area contributed by atoms with Gasteiger partial charge in [-0.15, -0.1) is 0 Å². The van der Waals surface area contributed by atoms with E-state index in [4.69, 9.17) is 0 Å². The fraction of sp³-hybridized carbons (Fsp3) is 0.562. The van der Waals surface area contributed by atoms with Gasteiger partial charge < -0.3 is 5.32 Å². The standard InChI is InChI=1S/C16H26N2O/c1-6-18(7-2)12-13-8-10-14(11-9-13)15(19)17-16(3,4)5/h8-11H,6-7,12H2,1-5H3,(H,17,19). The van der Waals surface area contributed by atoms with E-state index in [2.05, 4.69) is 24.1 Å². The van der Waals surface area contributed by atoms with E-state index in [0.717, 1.165) is 25.2 Å². The SMILES string of the molecule is CCN(CC)Cc1ccc(C(=O)NC(C)(C)C)cc1. The van der Waals surface area contributed by atoms with E-state index in [1.165, 1.54) is 5.56 Å². The first-order chi connectivity index (χ1) is 8.85. The van der Waals surface area contributed by atoms with Crippen LogP contribution in [0.4, 0.5) is 0 Å². The molecule has 3 heteroatoms. The second-order valence-corrected chi connectivity index (χ2v) is 5.86. The molecular formula is C16H26N2O. The minimum Gasteiger partial charge on any atom is -0.347 e. The molecule has 0 fully saturated rings. The maximum absolute atomic E-state index is 12.0. The summed E-state index contributed by atoms with van der Waals surface area (Å²) >= 11 is 0. The Morgan fingerprint density at radius 1 is 1.11 bits per heavy atom. The maximum Gasteiger partial charge on any atom is 0.251 e. The van der Waals surface area contributed by atoms with Crippen LogP contribution < -0.4 is 5.32 Å². The Balaban J connectivity index is 2.68. The molecule has 0 saturated heterocycles. The van der Waals surface area contributed by atoms with Crippen LogP contribution in [0.25, 0.3) is 0 Å². The molecular weight excluding hydrogens is 236 g/mol. The van der Waals surface area contributed by atoms with Crippen molar-refractivity contribution in [2.24, 2.45) is 0 Å². The molecule has 0 bridgehead atoms. The number of nitrogens with zero attached hydrogens (tertiary/aromatic N) is 1. The Bertz CT molecular complexity index is 400. The van der Waals surface area contributed by atoms with E-state index < -0.39 is 0 Å². The Morgan fingerprint density at radius 3 is 2.05 bits per heavy atom. The highest BCUT2D eigenvalue weighted by atomic mass is 16.1. The molecule has 0 aliphatic heterocycles. The first kappa shape index (κ1) is 15.7. The number of hydrogen-bond acceptors (Lipinski definition) is 2. The monoisotopic (exact) mass is 262 g/mol. The molecule has 0 aliphatic carbocycles. The molecule has 1 aromatic rings. The van der Waals surface area contributed by atoms with Crippen LogP contribution in [0.5, 0.6) is 0 Å². The minimum atomic E-state index is -0.197. The quantitative estimate of drug-likeness (QED) is 0.884. The van der Waals surface area contributed by atoms with Crippen molar-refractivity contribution >= 4 is 5.91 Å². The Hall–Kier alpha value is -1.35. The van der Waals surface area contributed by atoms with Crippen molar-refractivity contribution in [3.63, 3.8) is 0 Å². The number of amides is 1. The molecule has 0 heterocycles. The van der Waals surface area contributed by atoms with Gasteiger partial charge in [0.15, 0.2) is 0 Å². The van der Waals surface area contributed by atoms with Gasteiger partial charge in [0.25, 0.3) is 5.91 Å². The summed E-state index contributed by atoms with van der Waals surface area (Å²) in [4.78, 5) is 14.3. The lowest BCUT2D eigenvalue weighted by Gasteiger charge is -2.21. The summed E-state index contributed by atoms with van der Waals surface area (Å²) in [6.07, 6.45) is 0. The van der Waals surface area contributed by atoms with Crippen LogP contribution in [0.1, 0.15) is 50.5 Å². The van der Waals surface area contributed by atoms with E-state index in [1.807, 2.05) is 45.0 Å². The zero-order chi connectivity index (χ0) is 14.5. The first-order valence-electron chi connectivity index (χ1n) is 6.99. The fourth-order valence-corrected chi connectivity index (χ4v) is 1.88. The second kappa shape index (κ2) is 6.71. The summed E-state index contributed by atoms with van der Waals surface area (Å²) in [5.41, 5.74) is 1.77. The van der Waals surface area contributed by atoms with E-state index in [0.29, 0.717) is 0 Å². The van der Waals surface area contributed by atoms with Crippen LogP contribution in [0.15, 0.2) is 24.3 Å². The summed E-state index contributed by atoms with van der Waals surface area (Å²) in [6.45, 7) is 13.3. The lowest BCUT2D eigenvalue weighted by molar-refractivity contribution is 0.0919. The van der Waals surface area contributed by atoms with Gasteiger partial charge in [-0.25, -0.2) is 0 Å².